The largest absolute Gasteiger partial charge is 0.488 e. The number of benzene rings is 1. The SMILES string of the molecule is CC(C)(C)OC(=O)N1CCN(c2cc(CN)cc(OS(=O)(=O)F)c2)CC1. The van der Waals surface area contributed by atoms with Crippen molar-refractivity contribution in [2.24, 2.45) is 5.73 Å². The molecular weight excluding hydrogens is 365 g/mol. The van der Waals surface area contributed by atoms with Crippen LogP contribution in [0.3, 0.4) is 0 Å². The van der Waals surface area contributed by atoms with Crippen LogP contribution in [0.1, 0.15) is 26.3 Å². The molecule has 1 aromatic carbocycles. The van der Waals surface area contributed by atoms with E-state index in [1.54, 1.807) is 31.7 Å². The van der Waals surface area contributed by atoms with E-state index in [-0.39, 0.29) is 18.4 Å². The molecule has 146 valence electrons. The Hall–Kier alpha value is -2.07. The third-order valence-electron chi connectivity index (χ3n) is 3.68. The molecule has 0 unspecified atom stereocenters. The summed E-state index contributed by atoms with van der Waals surface area (Å²) in [7, 11) is -5.12. The van der Waals surface area contributed by atoms with Crippen LogP contribution in [-0.2, 0) is 21.8 Å². The molecule has 0 radical (unpaired) electrons. The van der Waals surface area contributed by atoms with Gasteiger partial charge in [-0.3, -0.25) is 0 Å². The lowest BCUT2D eigenvalue weighted by Crippen LogP contribution is -2.50. The van der Waals surface area contributed by atoms with Crippen molar-refractivity contribution in [2.45, 2.75) is 32.9 Å². The smallest absolute Gasteiger partial charge is 0.444 e. The summed E-state index contributed by atoms with van der Waals surface area (Å²) < 4.78 is 43.9. The molecule has 0 atom stereocenters. The number of rotatable bonds is 4. The van der Waals surface area contributed by atoms with Crippen LogP contribution < -0.4 is 14.8 Å². The average molecular weight is 389 g/mol. The maximum atomic E-state index is 12.8. The fourth-order valence-electron chi connectivity index (χ4n) is 2.58. The van der Waals surface area contributed by atoms with Gasteiger partial charge in [0, 0.05) is 44.5 Å². The van der Waals surface area contributed by atoms with Gasteiger partial charge in [-0.1, -0.05) is 3.89 Å². The van der Waals surface area contributed by atoms with Gasteiger partial charge in [-0.05, 0) is 38.5 Å². The molecule has 0 aliphatic carbocycles. The number of nitrogens with zero attached hydrogens (tertiary/aromatic N) is 2. The van der Waals surface area contributed by atoms with Crippen LogP contribution in [0.5, 0.6) is 5.75 Å². The predicted octanol–water partition coefficient (Wildman–Crippen LogP) is 1.80. The van der Waals surface area contributed by atoms with Gasteiger partial charge in [-0.25, -0.2) is 4.79 Å². The third-order valence-corrected chi connectivity index (χ3v) is 4.07. The molecule has 1 fully saturated rings. The zero-order chi connectivity index (χ0) is 19.5. The van der Waals surface area contributed by atoms with E-state index in [9.17, 15) is 17.1 Å². The number of carbonyl (C=O) groups is 1. The van der Waals surface area contributed by atoms with E-state index >= 15 is 0 Å². The average Bonchev–Trinajstić information content (AvgIpc) is 2.51. The molecule has 10 heteroatoms. The number of piperazine rings is 1. The molecule has 1 amide bonds. The van der Waals surface area contributed by atoms with Crippen LogP contribution in [0, 0.1) is 0 Å². The summed E-state index contributed by atoms with van der Waals surface area (Å²) in [5.41, 5.74) is 6.31. The van der Waals surface area contributed by atoms with E-state index < -0.39 is 16.1 Å². The standard InChI is InChI=1S/C16H24FN3O5S/c1-16(2,3)24-15(21)20-6-4-19(5-7-20)13-8-12(11-18)9-14(10-13)25-26(17,22)23/h8-10H,4-7,11,18H2,1-3H3. The Morgan fingerprint density at radius 2 is 1.81 bits per heavy atom. The topological polar surface area (TPSA) is 102 Å². The van der Waals surface area contributed by atoms with Gasteiger partial charge in [0.2, 0.25) is 0 Å². The minimum Gasteiger partial charge on any atom is -0.444 e. The number of halogens is 1. The number of amides is 1. The first-order valence-corrected chi connectivity index (χ1v) is 9.49. The van der Waals surface area contributed by atoms with Gasteiger partial charge < -0.3 is 24.5 Å². The summed E-state index contributed by atoms with van der Waals surface area (Å²) in [6.07, 6.45) is -0.375. The second-order valence-corrected chi connectivity index (χ2v) is 7.92. The van der Waals surface area contributed by atoms with Crippen molar-refractivity contribution < 1.29 is 26.0 Å². The van der Waals surface area contributed by atoms with Crippen molar-refractivity contribution in [3.05, 3.63) is 23.8 Å². The summed E-state index contributed by atoms with van der Waals surface area (Å²) in [6, 6.07) is 4.58. The molecule has 0 bridgehead atoms. The number of hydrogen-bond acceptors (Lipinski definition) is 7. The first-order chi connectivity index (χ1) is 12.0. The lowest BCUT2D eigenvalue weighted by Gasteiger charge is -2.37. The second kappa shape index (κ2) is 7.67. The number of hydrogen-bond donors (Lipinski definition) is 1. The fourth-order valence-corrected chi connectivity index (χ4v) is 2.91. The molecule has 2 N–H and O–H groups in total. The molecule has 1 aromatic rings. The molecule has 8 nitrogen and oxygen atoms in total. The van der Waals surface area contributed by atoms with Crippen LogP contribution in [0.25, 0.3) is 0 Å². The molecule has 2 rings (SSSR count). The minimum atomic E-state index is -5.12. The monoisotopic (exact) mass is 389 g/mol. The maximum Gasteiger partial charge on any atom is 0.488 e. The van der Waals surface area contributed by atoms with Crippen LogP contribution in [0.15, 0.2) is 18.2 Å². The highest BCUT2D eigenvalue weighted by molar-refractivity contribution is 7.81. The first kappa shape index (κ1) is 20.2. The predicted molar refractivity (Wildman–Crippen MR) is 95.0 cm³/mol. The van der Waals surface area contributed by atoms with Crippen molar-refractivity contribution in [1.82, 2.24) is 4.90 Å². The highest BCUT2D eigenvalue weighted by Gasteiger charge is 2.26. The highest BCUT2D eigenvalue weighted by Crippen LogP contribution is 2.26. The third kappa shape index (κ3) is 6.03. The Balaban J connectivity index is 2.09. The molecular formula is C16H24FN3O5S. The van der Waals surface area contributed by atoms with Crippen molar-refractivity contribution in [3.63, 3.8) is 0 Å². The number of ether oxygens (including phenoxy) is 1. The van der Waals surface area contributed by atoms with Crippen molar-refractivity contribution in [3.8, 4) is 5.75 Å². The Morgan fingerprint density at radius 3 is 2.31 bits per heavy atom. The summed E-state index contributed by atoms with van der Waals surface area (Å²) in [5.74, 6) is -0.139. The molecule has 0 saturated carbocycles. The van der Waals surface area contributed by atoms with E-state index in [4.69, 9.17) is 10.5 Å². The fraction of sp³-hybridized carbons (Fsp3) is 0.562. The quantitative estimate of drug-likeness (QED) is 0.783. The molecule has 26 heavy (non-hydrogen) atoms. The summed E-state index contributed by atoms with van der Waals surface area (Å²) in [6.45, 7) is 7.47. The van der Waals surface area contributed by atoms with Gasteiger partial charge in [0.1, 0.15) is 11.4 Å². The molecule has 1 aliphatic rings. The van der Waals surface area contributed by atoms with Gasteiger partial charge in [-0.2, -0.15) is 8.42 Å². The molecule has 0 aromatic heterocycles. The Kier molecular flexibility index (Phi) is 5.97. The molecule has 1 heterocycles. The van der Waals surface area contributed by atoms with E-state index in [1.807, 2.05) is 4.90 Å². The van der Waals surface area contributed by atoms with Gasteiger partial charge in [0.15, 0.2) is 0 Å². The van der Waals surface area contributed by atoms with E-state index in [2.05, 4.69) is 4.18 Å². The van der Waals surface area contributed by atoms with Crippen LogP contribution in [-0.4, -0.2) is 51.2 Å². The van der Waals surface area contributed by atoms with Crippen LogP contribution in [0.2, 0.25) is 0 Å². The second-order valence-electron chi connectivity index (χ2n) is 6.97. The van der Waals surface area contributed by atoms with Crippen LogP contribution >= 0.6 is 0 Å². The Bertz CT molecular complexity index is 756. The van der Waals surface area contributed by atoms with Crippen molar-refractivity contribution in [2.75, 3.05) is 31.1 Å². The first-order valence-electron chi connectivity index (χ1n) is 8.18. The number of anilines is 1. The summed E-state index contributed by atoms with van der Waals surface area (Å²) in [4.78, 5) is 15.7. The van der Waals surface area contributed by atoms with Gasteiger partial charge in [0.25, 0.3) is 0 Å². The number of carbonyl (C=O) groups excluding carboxylic acids is 1. The van der Waals surface area contributed by atoms with Gasteiger partial charge in [0.05, 0.1) is 0 Å². The molecule has 1 aliphatic heterocycles. The van der Waals surface area contributed by atoms with Gasteiger partial charge in [-0.15, -0.1) is 0 Å². The zero-order valence-electron chi connectivity index (χ0n) is 15.1. The van der Waals surface area contributed by atoms with Crippen LogP contribution in [0.4, 0.5) is 14.4 Å². The van der Waals surface area contributed by atoms with E-state index in [0.717, 1.165) is 0 Å². The van der Waals surface area contributed by atoms with Crippen molar-refractivity contribution in [1.29, 1.82) is 0 Å². The van der Waals surface area contributed by atoms with Gasteiger partial charge >= 0.3 is 16.6 Å². The lowest BCUT2D eigenvalue weighted by atomic mass is 10.1. The minimum absolute atomic E-state index is 0.139. The molecule has 1 saturated heterocycles. The highest BCUT2D eigenvalue weighted by atomic mass is 32.3. The van der Waals surface area contributed by atoms with E-state index in [1.165, 1.54) is 12.1 Å². The normalized spacial score (nSPS) is 15.7. The zero-order valence-corrected chi connectivity index (χ0v) is 15.9. The lowest BCUT2D eigenvalue weighted by molar-refractivity contribution is 0.0240. The maximum absolute atomic E-state index is 12.8. The number of nitrogens with two attached hydrogens (primary N) is 1. The molecule has 0 spiro atoms. The Labute approximate surface area is 153 Å². The van der Waals surface area contributed by atoms with Crippen molar-refractivity contribution >= 4 is 22.3 Å². The Morgan fingerprint density at radius 1 is 1.19 bits per heavy atom. The summed E-state index contributed by atoms with van der Waals surface area (Å²) in [5, 5.41) is 0. The summed E-state index contributed by atoms with van der Waals surface area (Å²) >= 11 is 0. The van der Waals surface area contributed by atoms with E-state index in [0.29, 0.717) is 37.4 Å².